The quantitative estimate of drug-likeness (QED) is 0.121. The first-order valence-electron chi connectivity index (χ1n) is 10.4. The number of hydrogen-bond acceptors (Lipinski definition) is 7. The molecule has 2 atom stereocenters. The number of nitrogens with one attached hydrogen (secondary N) is 3. The van der Waals surface area contributed by atoms with Gasteiger partial charge in [0.15, 0.2) is 0 Å². The van der Waals surface area contributed by atoms with Gasteiger partial charge in [-0.1, -0.05) is 0 Å². The minimum atomic E-state index is -4.15. The van der Waals surface area contributed by atoms with E-state index < -0.39 is 32.4 Å². The monoisotopic (exact) mass is 445 g/mol. The van der Waals surface area contributed by atoms with Gasteiger partial charge in [-0.05, 0) is 0 Å². The van der Waals surface area contributed by atoms with Crippen molar-refractivity contribution < 1.29 is 28.7 Å². The molecule has 0 heterocycles. The number of urea groups is 1. The van der Waals surface area contributed by atoms with Gasteiger partial charge in [-0.3, -0.25) is 0 Å². The number of carbonyl (C=O) groups is 2. The van der Waals surface area contributed by atoms with Crippen LogP contribution in [-0.2, 0) is 9.42 Å². The van der Waals surface area contributed by atoms with E-state index >= 15 is 0 Å². The fourth-order valence-electron chi connectivity index (χ4n) is 2.70. The van der Waals surface area contributed by atoms with Crippen LogP contribution in [0.1, 0.15) is 46.5 Å². The van der Waals surface area contributed by atoms with Crippen LogP contribution in [0.5, 0.6) is 5.75 Å². The standard InChI is InChI=1S/C20H36N3O6P/c1-4-5-6-10-13-21-20(26)22-19(16(2)3)30(27,29-23-17(14-24)15-25)28-18-11-8-7-9-12-18/h7-9,11-12,14,16-17,19,23,25,27,30H,4-6,10,13,15H2,1-3H3,(H2,21,22,26)/t17-,19?/m1/s1. The van der Waals surface area contributed by atoms with Crippen LogP contribution >= 0.6 is 7.94 Å². The first kappa shape index (κ1) is 26.3. The Morgan fingerprint density at radius 1 is 1.20 bits per heavy atom. The Morgan fingerprint density at radius 2 is 1.90 bits per heavy atom. The average Bonchev–Trinajstić information content (AvgIpc) is 2.73. The second-order valence-electron chi connectivity index (χ2n) is 7.37. The number of aliphatic hydroxyl groups is 1. The molecule has 0 saturated heterocycles. The first-order valence-corrected chi connectivity index (χ1v) is 12.2. The van der Waals surface area contributed by atoms with Crippen molar-refractivity contribution in [2.75, 3.05) is 13.2 Å². The summed E-state index contributed by atoms with van der Waals surface area (Å²) in [5.41, 5.74) is 2.35. The molecule has 0 radical (unpaired) electrons. The molecule has 0 saturated carbocycles. The van der Waals surface area contributed by atoms with Gasteiger partial charge in [0.25, 0.3) is 0 Å². The van der Waals surface area contributed by atoms with Crippen LogP contribution < -0.4 is 20.6 Å². The number of rotatable bonds is 15. The summed E-state index contributed by atoms with van der Waals surface area (Å²) in [7, 11) is -4.15. The Hall–Kier alpha value is -1.77. The topological polar surface area (TPSA) is 129 Å². The van der Waals surface area contributed by atoms with Crippen molar-refractivity contribution in [1.29, 1.82) is 0 Å². The molecule has 10 heteroatoms. The molecule has 0 aliphatic heterocycles. The van der Waals surface area contributed by atoms with Crippen molar-refractivity contribution in [1.82, 2.24) is 16.1 Å². The predicted octanol–water partition coefficient (Wildman–Crippen LogP) is 2.50. The molecule has 30 heavy (non-hydrogen) atoms. The Morgan fingerprint density at radius 3 is 2.47 bits per heavy atom. The zero-order valence-electron chi connectivity index (χ0n) is 18.0. The van der Waals surface area contributed by atoms with Crippen LogP contribution in [0.3, 0.4) is 0 Å². The number of benzene rings is 1. The van der Waals surface area contributed by atoms with E-state index in [-0.39, 0.29) is 5.92 Å². The summed E-state index contributed by atoms with van der Waals surface area (Å²) in [4.78, 5) is 34.7. The van der Waals surface area contributed by atoms with Gasteiger partial charge in [0.05, 0.1) is 0 Å². The van der Waals surface area contributed by atoms with Crippen molar-refractivity contribution in [3.63, 3.8) is 0 Å². The third kappa shape index (κ3) is 9.36. The van der Waals surface area contributed by atoms with E-state index in [4.69, 9.17) is 9.15 Å². The Bertz CT molecular complexity index is 622. The normalized spacial score (nSPS) is 14.1. The molecule has 9 nitrogen and oxygen atoms in total. The number of unbranched alkanes of at least 4 members (excludes halogenated alkanes) is 3. The van der Waals surface area contributed by atoms with Crippen LogP contribution in [0.4, 0.5) is 4.79 Å². The fourth-order valence-corrected chi connectivity index (χ4v) is 4.94. The first-order chi connectivity index (χ1) is 14.4. The second kappa shape index (κ2) is 14.3. The summed E-state index contributed by atoms with van der Waals surface area (Å²) in [6.45, 7) is 5.74. The Labute approximate surface area is 179 Å². The number of amides is 2. The number of hydroxylamine groups is 1. The summed E-state index contributed by atoms with van der Waals surface area (Å²) in [5.74, 6) is -0.763. The Balaban J connectivity index is 2.91. The minimum absolute atomic E-state index is 0.248. The van der Waals surface area contributed by atoms with E-state index in [1.807, 2.05) is 13.8 Å². The number of aldehydes is 1. The van der Waals surface area contributed by atoms with Crippen LogP contribution in [0.15, 0.2) is 30.3 Å². The van der Waals surface area contributed by atoms with E-state index in [2.05, 4.69) is 23.0 Å². The van der Waals surface area contributed by atoms with Crippen molar-refractivity contribution in [2.45, 2.75) is 58.3 Å². The third-order valence-electron chi connectivity index (χ3n) is 4.39. The van der Waals surface area contributed by atoms with Gasteiger partial charge in [-0.2, -0.15) is 0 Å². The van der Waals surface area contributed by atoms with Gasteiger partial charge >= 0.3 is 179 Å². The molecular formula is C20H36N3O6P. The summed E-state index contributed by atoms with van der Waals surface area (Å²) in [6, 6.07) is 7.09. The molecule has 1 aromatic carbocycles. The van der Waals surface area contributed by atoms with E-state index in [0.29, 0.717) is 18.6 Å². The van der Waals surface area contributed by atoms with Crippen molar-refractivity contribution in [3.8, 4) is 5.75 Å². The molecule has 2 amide bonds. The van der Waals surface area contributed by atoms with E-state index in [0.717, 1.165) is 25.7 Å². The Kier molecular flexibility index (Phi) is 12.5. The van der Waals surface area contributed by atoms with Crippen molar-refractivity contribution in [2.24, 2.45) is 5.92 Å². The van der Waals surface area contributed by atoms with Crippen LogP contribution in [0, 0.1) is 5.92 Å². The van der Waals surface area contributed by atoms with Crippen molar-refractivity contribution in [3.05, 3.63) is 30.3 Å². The number of hydrogen-bond donors (Lipinski definition) is 5. The number of carbonyl (C=O) groups excluding carboxylic acids is 2. The van der Waals surface area contributed by atoms with Gasteiger partial charge in [0.2, 0.25) is 0 Å². The molecule has 1 unspecified atom stereocenters. The fraction of sp³-hybridized carbons (Fsp3) is 0.600. The van der Waals surface area contributed by atoms with Crippen LogP contribution in [0.25, 0.3) is 0 Å². The second-order valence-corrected chi connectivity index (χ2v) is 9.67. The molecular weight excluding hydrogens is 409 g/mol. The SMILES string of the molecule is CCCCCCNC(=O)NC(C(C)C)[PH](O)(ON[C@H](C=O)CO)Oc1ccccc1. The predicted molar refractivity (Wildman–Crippen MR) is 118 cm³/mol. The molecule has 0 bridgehead atoms. The maximum atomic E-state index is 12.4. The van der Waals surface area contributed by atoms with Gasteiger partial charge in [0.1, 0.15) is 0 Å². The average molecular weight is 445 g/mol. The van der Waals surface area contributed by atoms with Crippen LogP contribution in [0.2, 0.25) is 0 Å². The summed E-state index contributed by atoms with van der Waals surface area (Å²) < 4.78 is 11.2. The molecule has 172 valence electrons. The number of para-hydroxylation sites is 1. The van der Waals surface area contributed by atoms with Gasteiger partial charge in [0, 0.05) is 0 Å². The molecule has 1 aromatic rings. The van der Waals surface area contributed by atoms with E-state index in [1.165, 1.54) is 0 Å². The zero-order chi connectivity index (χ0) is 22.4. The third-order valence-corrected chi connectivity index (χ3v) is 6.92. The van der Waals surface area contributed by atoms with E-state index in [9.17, 15) is 19.6 Å². The molecule has 0 aliphatic rings. The molecule has 1 rings (SSSR count). The van der Waals surface area contributed by atoms with E-state index in [1.54, 1.807) is 30.3 Å². The maximum absolute atomic E-state index is 12.4. The molecule has 0 fully saturated rings. The molecule has 5 N–H and O–H groups in total. The number of aliphatic hydroxyl groups excluding tert-OH is 1. The van der Waals surface area contributed by atoms with Gasteiger partial charge in [-0.25, -0.2) is 0 Å². The summed E-state index contributed by atoms with van der Waals surface area (Å²) in [6.07, 6.45) is 4.57. The van der Waals surface area contributed by atoms with Crippen LogP contribution in [-0.4, -0.2) is 47.3 Å². The summed E-state index contributed by atoms with van der Waals surface area (Å²) >= 11 is 0. The molecule has 0 spiro atoms. The van der Waals surface area contributed by atoms with Crippen molar-refractivity contribution >= 4 is 20.3 Å². The van der Waals surface area contributed by atoms with Gasteiger partial charge < -0.3 is 0 Å². The summed E-state index contributed by atoms with van der Waals surface area (Å²) in [5, 5.41) is 14.7. The molecule has 0 aliphatic carbocycles. The zero-order valence-corrected chi connectivity index (χ0v) is 19.0. The molecule has 0 aromatic heterocycles. The van der Waals surface area contributed by atoms with Gasteiger partial charge in [-0.15, -0.1) is 0 Å².